The number of hydrogen-bond donors (Lipinski definition) is 0. The van der Waals surface area contributed by atoms with Gasteiger partial charge in [0, 0.05) is 5.92 Å². The largest absolute Gasteiger partial charge is 0.235 e. The van der Waals surface area contributed by atoms with Crippen molar-refractivity contribution in [3.05, 3.63) is 22.5 Å². The van der Waals surface area contributed by atoms with E-state index in [1.54, 1.807) is 6.92 Å². The Hall–Kier alpha value is -0.700. The molecule has 0 aromatic carbocycles. The van der Waals surface area contributed by atoms with Gasteiger partial charge < -0.3 is 0 Å². The summed E-state index contributed by atoms with van der Waals surface area (Å²) in [7, 11) is 0. The molecule has 4 heteroatoms. The normalized spacial score (nSPS) is 20.5. The molecule has 0 amide bonds. The second-order valence-corrected chi connectivity index (χ2v) is 6.07. The van der Waals surface area contributed by atoms with Gasteiger partial charge in [0.15, 0.2) is 11.0 Å². The summed E-state index contributed by atoms with van der Waals surface area (Å²) in [5.41, 5.74) is 0.764. The highest BCUT2D eigenvalue weighted by Crippen LogP contribution is 2.41. The van der Waals surface area contributed by atoms with E-state index in [0.717, 1.165) is 25.7 Å². The van der Waals surface area contributed by atoms with Crippen LogP contribution in [0.5, 0.6) is 0 Å². The lowest BCUT2D eigenvalue weighted by Crippen LogP contribution is -2.21. The first-order valence-corrected chi connectivity index (χ1v) is 6.46. The van der Waals surface area contributed by atoms with Crippen molar-refractivity contribution in [3.8, 4) is 0 Å². The number of aromatic nitrogens is 2. The van der Waals surface area contributed by atoms with Crippen LogP contribution in [-0.2, 0) is 0 Å². The first-order chi connectivity index (χ1) is 7.89. The topological polar surface area (TPSA) is 25.8 Å². The molecule has 17 heavy (non-hydrogen) atoms. The molecule has 1 aliphatic carbocycles. The van der Waals surface area contributed by atoms with Crippen LogP contribution in [0.4, 0.5) is 4.39 Å². The molecule has 0 aliphatic heterocycles. The van der Waals surface area contributed by atoms with Gasteiger partial charge in [0.2, 0.25) is 0 Å². The fourth-order valence-electron chi connectivity index (χ4n) is 2.38. The third-order valence-electron chi connectivity index (χ3n) is 3.70. The first kappa shape index (κ1) is 12.7. The summed E-state index contributed by atoms with van der Waals surface area (Å²) in [4.78, 5) is 8.32. The lowest BCUT2D eigenvalue weighted by atomic mass is 9.73. The van der Waals surface area contributed by atoms with Crippen molar-refractivity contribution in [1.82, 2.24) is 9.97 Å². The second kappa shape index (κ2) is 4.52. The molecule has 0 saturated heterocycles. The quantitative estimate of drug-likeness (QED) is 0.702. The summed E-state index contributed by atoms with van der Waals surface area (Å²) < 4.78 is 13.3. The van der Waals surface area contributed by atoms with Crippen LogP contribution < -0.4 is 0 Å². The molecule has 0 radical (unpaired) electrons. The summed E-state index contributed by atoms with van der Waals surface area (Å²) in [5.74, 6) is 0.552. The van der Waals surface area contributed by atoms with Crippen LogP contribution in [0.15, 0.2) is 0 Å². The fourth-order valence-corrected chi connectivity index (χ4v) is 2.61. The van der Waals surface area contributed by atoms with Crippen molar-refractivity contribution in [3.63, 3.8) is 0 Å². The fraction of sp³-hybridized carbons (Fsp3) is 0.692. The zero-order chi connectivity index (χ0) is 12.6. The highest BCUT2D eigenvalue weighted by Gasteiger charge is 2.29. The Bertz CT molecular complexity index is 398. The van der Waals surface area contributed by atoms with E-state index in [-0.39, 0.29) is 5.15 Å². The number of aryl methyl sites for hydroxylation is 1. The minimum Gasteiger partial charge on any atom is -0.235 e. The minimum absolute atomic E-state index is 0.0441. The molecular weight excluding hydrogens is 239 g/mol. The maximum absolute atomic E-state index is 13.3. The third kappa shape index (κ3) is 2.76. The second-order valence-electron chi connectivity index (χ2n) is 5.71. The summed E-state index contributed by atoms with van der Waals surface area (Å²) in [6.07, 6.45) is 4.45. The molecule has 0 spiro atoms. The Balaban J connectivity index is 2.19. The molecule has 0 unspecified atom stereocenters. The van der Waals surface area contributed by atoms with Gasteiger partial charge in [-0.1, -0.05) is 25.4 Å². The number of nitrogens with zero attached hydrogens (tertiary/aromatic N) is 2. The van der Waals surface area contributed by atoms with E-state index in [1.165, 1.54) is 0 Å². The van der Waals surface area contributed by atoms with Crippen LogP contribution in [0, 0.1) is 18.2 Å². The molecule has 1 saturated carbocycles. The maximum atomic E-state index is 13.3. The molecule has 2 nitrogen and oxygen atoms in total. The zero-order valence-corrected chi connectivity index (χ0v) is 11.3. The van der Waals surface area contributed by atoms with E-state index in [9.17, 15) is 4.39 Å². The SMILES string of the molecule is Cc1nc(C2CCC(C)(C)CC2)nc(Cl)c1F. The summed E-state index contributed by atoms with van der Waals surface area (Å²) >= 11 is 5.77. The minimum atomic E-state index is -0.494. The van der Waals surface area contributed by atoms with Crippen LogP contribution >= 0.6 is 11.6 Å². The number of hydrogen-bond acceptors (Lipinski definition) is 2. The van der Waals surface area contributed by atoms with Gasteiger partial charge in [0.25, 0.3) is 0 Å². The van der Waals surface area contributed by atoms with Gasteiger partial charge in [-0.2, -0.15) is 0 Å². The van der Waals surface area contributed by atoms with E-state index in [0.29, 0.717) is 22.9 Å². The van der Waals surface area contributed by atoms with Crippen molar-refractivity contribution in [2.24, 2.45) is 5.41 Å². The van der Waals surface area contributed by atoms with Crippen LogP contribution in [-0.4, -0.2) is 9.97 Å². The van der Waals surface area contributed by atoms with Crippen molar-refractivity contribution in [2.45, 2.75) is 52.4 Å². The van der Waals surface area contributed by atoms with Gasteiger partial charge in [0.05, 0.1) is 5.69 Å². The van der Waals surface area contributed by atoms with E-state index < -0.39 is 5.82 Å². The zero-order valence-electron chi connectivity index (χ0n) is 10.6. The van der Waals surface area contributed by atoms with Gasteiger partial charge in [-0.05, 0) is 38.0 Å². The molecule has 1 aromatic rings. The standard InChI is InChI=1S/C13H18ClFN2/c1-8-10(15)11(14)17-12(16-8)9-4-6-13(2,3)7-5-9/h9H,4-7H2,1-3H3. The van der Waals surface area contributed by atoms with Crippen molar-refractivity contribution >= 4 is 11.6 Å². The highest BCUT2D eigenvalue weighted by molar-refractivity contribution is 6.29. The lowest BCUT2D eigenvalue weighted by molar-refractivity contribution is 0.220. The van der Waals surface area contributed by atoms with Crippen LogP contribution in [0.3, 0.4) is 0 Å². The third-order valence-corrected chi connectivity index (χ3v) is 3.95. The molecule has 0 bridgehead atoms. The molecule has 2 rings (SSSR count). The van der Waals surface area contributed by atoms with Gasteiger partial charge >= 0.3 is 0 Å². The van der Waals surface area contributed by atoms with Crippen LogP contribution in [0.1, 0.15) is 57.0 Å². The first-order valence-electron chi connectivity index (χ1n) is 6.08. The molecule has 1 aliphatic rings. The Morgan fingerprint density at radius 1 is 1.24 bits per heavy atom. The van der Waals surface area contributed by atoms with E-state index in [2.05, 4.69) is 23.8 Å². The Kier molecular flexibility index (Phi) is 3.39. The van der Waals surface area contributed by atoms with E-state index >= 15 is 0 Å². The molecule has 1 aromatic heterocycles. The monoisotopic (exact) mass is 256 g/mol. The molecule has 94 valence electrons. The molecule has 0 atom stereocenters. The average molecular weight is 257 g/mol. The predicted molar refractivity (Wildman–Crippen MR) is 66.7 cm³/mol. The van der Waals surface area contributed by atoms with Gasteiger partial charge in [-0.25, -0.2) is 14.4 Å². The summed E-state index contributed by atoms with van der Waals surface area (Å²) in [6.45, 7) is 6.21. The van der Waals surface area contributed by atoms with E-state index in [4.69, 9.17) is 11.6 Å². The van der Waals surface area contributed by atoms with Crippen LogP contribution in [0.2, 0.25) is 5.15 Å². The summed E-state index contributed by atoms with van der Waals surface area (Å²) in [5, 5.41) is -0.0441. The van der Waals surface area contributed by atoms with Crippen molar-refractivity contribution in [1.29, 1.82) is 0 Å². The van der Waals surface area contributed by atoms with E-state index in [1.807, 2.05) is 0 Å². The Labute approximate surface area is 107 Å². The maximum Gasteiger partial charge on any atom is 0.181 e. The van der Waals surface area contributed by atoms with Gasteiger partial charge in [-0.15, -0.1) is 0 Å². The summed E-state index contributed by atoms with van der Waals surface area (Å²) in [6, 6.07) is 0. The average Bonchev–Trinajstić information content (AvgIpc) is 2.25. The molecular formula is C13H18ClFN2. The van der Waals surface area contributed by atoms with Gasteiger partial charge in [0.1, 0.15) is 5.82 Å². The number of halogens is 2. The Morgan fingerprint density at radius 2 is 1.82 bits per heavy atom. The predicted octanol–water partition coefficient (Wildman–Crippen LogP) is 4.26. The van der Waals surface area contributed by atoms with Crippen molar-refractivity contribution < 1.29 is 4.39 Å². The van der Waals surface area contributed by atoms with Crippen molar-refractivity contribution in [2.75, 3.05) is 0 Å². The lowest BCUT2D eigenvalue weighted by Gasteiger charge is -2.33. The number of rotatable bonds is 1. The van der Waals surface area contributed by atoms with Gasteiger partial charge in [-0.3, -0.25) is 0 Å². The molecule has 0 N–H and O–H groups in total. The molecule has 1 heterocycles. The van der Waals surface area contributed by atoms with Crippen LogP contribution in [0.25, 0.3) is 0 Å². The smallest absolute Gasteiger partial charge is 0.181 e. The Morgan fingerprint density at radius 3 is 2.35 bits per heavy atom. The highest BCUT2D eigenvalue weighted by atomic mass is 35.5. The molecule has 1 fully saturated rings.